The van der Waals surface area contributed by atoms with Crippen LogP contribution in [0.4, 0.5) is 5.69 Å². The van der Waals surface area contributed by atoms with Gasteiger partial charge < -0.3 is 20.7 Å². The van der Waals surface area contributed by atoms with Crippen LogP contribution in [0.2, 0.25) is 0 Å². The number of benzene rings is 1. The van der Waals surface area contributed by atoms with Gasteiger partial charge in [0.05, 0.1) is 12.2 Å². The van der Waals surface area contributed by atoms with Gasteiger partial charge in [0.15, 0.2) is 0 Å². The zero-order valence-corrected chi connectivity index (χ0v) is 8.85. The first kappa shape index (κ1) is 12.3. The lowest BCUT2D eigenvalue weighted by Gasteiger charge is -2.07. The number of aliphatic hydroxyl groups is 1. The number of rotatable bonds is 6. The van der Waals surface area contributed by atoms with E-state index in [0.717, 1.165) is 6.42 Å². The fourth-order valence-electron chi connectivity index (χ4n) is 1.23. The number of unbranched alkanes of at least 4 members (excludes halogenated alkanes) is 1. The second kappa shape index (κ2) is 5.97. The first-order valence-corrected chi connectivity index (χ1v) is 5.01. The number of nitrogens with two attached hydrogens (primary N) is 1. The molecule has 0 fully saturated rings. The maximum Gasteiger partial charge on any atom is 0.337 e. The molecular weight excluding hydrogens is 210 g/mol. The highest BCUT2D eigenvalue weighted by molar-refractivity contribution is 5.93. The number of ether oxygens (including phenoxy) is 1. The van der Waals surface area contributed by atoms with Crippen molar-refractivity contribution in [2.45, 2.75) is 12.8 Å². The van der Waals surface area contributed by atoms with Crippen LogP contribution in [0.1, 0.15) is 23.2 Å². The van der Waals surface area contributed by atoms with Crippen LogP contribution in [0.15, 0.2) is 18.2 Å². The summed E-state index contributed by atoms with van der Waals surface area (Å²) >= 11 is 0. The number of nitrogen functional groups attached to an aromatic ring is 1. The van der Waals surface area contributed by atoms with Crippen molar-refractivity contribution < 1.29 is 19.7 Å². The van der Waals surface area contributed by atoms with E-state index >= 15 is 0 Å². The number of anilines is 1. The summed E-state index contributed by atoms with van der Waals surface area (Å²) in [5.41, 5.74) is 5.81. The van der Waals surface area contributed by atoms with Crippen molar-refractivity contribution in [1.29, 1.82) is 0 Å². The highest BCUT2D eigenvalue weighted by Crippen LogP contribution is 2.20. The average molecular weight is 225 g/mol. The molecule has 0 aromatic heterocycles. The van der Waals surface area contributed by atoms with Crippen molar-refractivity contribution in [2.24, 2.45) is 0 Å². The molecule has 0 aliphatic heterocycles. The summed E-state index contributed by atoms with van der Waals surface area (Å²) in [5, 5.41) is 17.3. The molecule has 0 aliphatic carbocycles. The molecule has 5 heteroatoms. The summed E-state index contributed by atoms with van der Waals surface area (Å²) in [6, 6.07) is 4.47. The molecule has 1 rings (SSSR count). The molecule has 16 heavy (non-hydrogen) atoms. The van der Waals surface area contributed by atoms with E-state index in [-0.39, 0.29) is 17.9 Å². The molecule has 0 heterocycles. The van der Waals surface area contributed by atoms with Crippen LogP contribution in [0, 0.1) is 0 Å². The quantitative estimate of drug-likeness (QED) is 0.498. The summed E-state index contributed by atoms with van der Waals surface area (Å²) in [4.78, 5) is 10.7. The van der Waals surface area contributed by atoms with Crippen molar-refractivity contribution in [3.05, 3.63) is 23.8 Å². The van der Waals surface area contributed by atoms with Crippen LogP contribution in [-0.4, -0.2) is 29.4 Å². The smallest absolute Gasteiger partial charge is 0.337 e. The van der Waals surface area contributed by atoms with Gasteiger partial charge in [0.2, 0.25) is 0 Å². The van der Waals surface area contributed by atoms with E-state index in [4.69, 9.17) is 20.7 Å². The van der Waals surface area contributed by atoms with Crippen LogP contribution in [-0.2, 0) is 0 Å². The molecule has 5 nitrogen and oxygen atoms in total. The van der Waals surface area contributed by atoms with Crippen molar-refractivity contribution in [1.82, 2.24) is 0 Å². The molecule has 4 N–H and O–H groups in total. The Morgan fingerprint density at radius 3 is 2.69 bits per heavy atom. The van der Waals surface area contributed by atoms with Crippen LogP contribution < -0.4 is 10.5 Å². The number of aliphatic hydroxyl groups excluding tert-OH is 1. The topological polar surface area (TPSA) is 92.8 Å². The van der Waals surface area contributed by atoms with Gasteiger partial charge in [-0.05, 0) is 25.0 Å². The lowest BCUT2D eigenvalue weighted by molar-refractivity contribution is 0.0698. The number of hydrogen-bond donors (Lipinski definition) is 3. The summed E-state index contributed by atoms with van der Waals surface area (Å²) in [6.45, 7) is 0.621. The Hall–Kier alpha value is -1.75. The number of carboxylic acid groups (broad SMARTS) is 1. The summed E-state index contributed by atoms with van der Waals surface area (Å²) in [7, 11) is 0. The second-order valence-corrected chi connectivity index (χ2v) is 3.33. The molecule has 0 radical (unpaired) electrons. The van der Waals surface area contributed by atoms with Gasteiger partial charge in [-0.3, -0.25) is 0 Å². The summed E-state index contributed by atoms with van der Waals surface area (Å²) < 4.78 is 5.34. The summed E-state index contributed by atoms with van der Waals surface area (Å²) in [6.07, 6.45) is 1.43. The largest absolute Gasteiger partial charge is 0.494 e. The van der Waals surface area contributed by atoms with E-state index in [9.17, 15) is 4.79 Å². The van der Waals surface area contributed by atoms with Crippen LogP contribution >= 0.6 is 0 Å². The van der Waals surface area contributed by atoms with Crippen molar-refractivity contribution in [3.63, 3.8) is 0 Å². The van der Waals surface area contributed by atoms with Crippen LogP contribution in [0.3, 0.4) is 0 Å². The molecule has 1 aromatic carbocycles. The van der Waals surface area contributed by atoms with Gasteiger partial charge in [0.25, 0.3) is 0 Å². The van der Waals surface area contributed by atoms with E-state index in [1.165, 1.54) is 12.1 Å². The normalized spacial score (nSPS) is 10.1. The molecule has 88 valence electrons. The minimum Gasteiger partial charge on any atom is -0.494 e. The second-order valence-electron chi connectivity index (χ2n) is 3.33. The molecule has 0 unspecified atom stereocenters. The zero-order valence-electron chi connectivity index (χ0n) is 8.85. The molecule has 0 atom stereocenters. The molecule has 0 saturated heterocycles. The Bertz CT molecular complexity index is 365. The SMILES string of the molecule is Nc1cc(OCCCCO)ccc1C(=O)O. The molecular formula is C11H15NO4. The first-order valence-electron chi connectivity index (χ1n) is 5.01. The summed E-state index contributed by atoms with van der Waals surface area (Å²) in [5.74, 6) is -0.509. The molecule has 0 amide bonds. The number of hydrogen-bond acceptors (Lipinski definition) is 4. The van der Waals surface area contributed by atoms with Gasteiger partial charge >= 0.3 is 5.97 Å². The molecule has 0 saturated carbocycles. The predicted molar refractivity (Wildman–Crippen MR) is 59.6 cm³/mol. The van der Waals surface area contributed by atoms with E-state index in [2.05, 4.69) is 0 Å². The third kappa shape index (κ3) is 3.43. The van der Waals surface area contributed by atoms with Crippen molar-refractivity contribution in [3.8, 4) is 5.75 Å². The van der Waals surface area contributed by atoms with E-state index in [1.54, 1.807) is 6.07 Å². The van der Waals surface area contributed by atoms with Crippen molar-refractivity contribution in [2.75, 3.05) is 18.9 Å². The lowest BCUT2D eigenvalue weighted by atomic mass is 10.2. The zero-order chi connectivity index (χ0) is 12.0. The fourth-order valence-corrected chi connectivity index (χ4v) is 1.23. The number of aromatic carboxylic acids is 1. The van der Waals surface area contributed by atoms with Gasteiger partial charge in [-0.25, -0.2) is 4.79 Å². The lowest BCUT2D eigenvalue weighted by Crippen LogP contribution is -2.04. The Morgan fingerprint density at radius 1 is 1.38 bits per heavy atom. The first-order chi connectivity index (χ1) is 7.65. The monoisotopic (exact) mass is 225 g/mol. The minimum atomic E-state index is -1.05. The highest BCUT2D eigenvalue weighted by atomic mass is 16.5. The number of carboxylic acids is 1. The van der Waals surface area contributed by atoms with Crippen LogP contribution in [0.25, 0.3) is 0 Å². The van der Waals surface area contributed by atoms with Crippen LogP contribution in [0.5, 0.6) is 5.75 Å². The van der Waals surface area contributed by atoms with Gasteiger partial charge in [0.1, 0.15) is 5.75 Å². The number of carbonyl (C=O) groups is 1. The molecule has 0 aliphatic rings. The predicted octanol–water partition coefficient (Wildman–Crippen LogP) is 1.12. The van der Waals surface area contributed by atoms with Crippen molar-refractivity contribution >= 4 is 11.7 Å². The third-order valence-electron chi connectivity index (χ3n) is 2.07. The Labute approximate surface area is 93.5 Å². The molecule has 0 bridgehead atoms. The van der Waals surface area contributed by atoms with Gasteiger partial charge in [-0.15, -0.1) is 0 Å². The van der Waals surface area contributed by atoms with E-state index in [1.807, 2.05) is 0 Å². The third-order valence-corrected chi connectivity index (χ3v) is 2.07. The van der Waals surface area contributed by atoms with Gasteiger partial charge in [-0.1, -0.05) is 0 Å². The molecule has 0 spiro atoms. The fraction of sp³-hybridized carbons (Fsp3) is 0.364. The standard InChI is InChI=1S/C11H15NO4/c12-10-7-8(16-6-2-1-5-13)3-4-9(10)11(14)15/h3-4,7,13H,1-2,5-6,12H2,(H,14,15). The maximum atomic E-state index is 10.7. The average Bonchev–Trinajstić information content (AvgIpc) is 2.24. The van der Waals surface area contributed by atoms with Gasteiger partial charge in [-0.2, -0.15) is 0 Å². The highest BCUT2D eigenvalue weighted by Gasteiger charge is 2.08. The Kier molecular flexibility index (Phi) is 4.60. The van der Waals surface area contributed by atoms with E-state index < -0.39 is 5.97 Å². The molecule has 1 aromatic rings. The minimum absolute atomic E-state index is 0.0720. The van der Waals surface area contributed by atoms with Gasteiger partial charge in [0, 0.05) is 18.4 Å². The van der Waals surface area contributed by atoms with E-state index in [0.29, 0.717) is 18.8 Å². The maximum absolute atomic E-state index is 10.7. The Balaban J connectivity index is 2.56. The Morgan fingerprint density at radius 2 is 2.12 bits per heavy atom.